The van der Waals surface area contributed by atoms with Crippen LogP contribution in [-0.2, 0) is 18.9 Å². The Balaban J connectivity index is 2.32. The predicted octanol–water partition coefficient (Wildman–Crippen LogP) is 3.73. The van der Waals surface area contributed by atoms with Crippen molar-refractivity contribution in [2.75, 3.05) is 28.4 Å². The zero-order valence-corrected chi connectivity index (χ0v) is 17.7. The fourth-order valence-electron chi connectivity index (χ4n) is 4.11. The van der Waals surface area contributed by atoms with E-state index in [0.717, 1.165) is 0 Å². The van der Waals surface area contributed by atoms with Crippen LogP contribution in [0.4, 0.5) is 0 Å². The molecular formula is C24H18O8. The van der Waals surface area contributed by atoms with Gasteiger partial charge in [0.15, 0.2) is 0 Å². The predicted molar refractivity (Wildman–Crippen MR) is 116 cm³/mol. The molecule has 0 aliphatic heterocycles. The third-order valence-electron chi connectivity index (χ3n) is 5.52. The van der Waals surface area contributed by atoms with E-state index in [2.05, 4.69) is 0 Å². The second-order valence-electron chi connectivity index (χ2n) is 6.98. The van der Waals surface area contributed by atoms with Gasteiger partial charge >= 0.3 is 23.9 Å². The van der Waals surface area contributed by atoms with Crippen LogP contribution in [-0.4, -0.2) is 52.3 Å². The van der Waals surface area contributed by atoms with Crippen molar-refractivity contribution in [2.45, 2.75) is 0 Å². The lowest BCUT2D eigenvalue weighted by molar-refractivity contribution is 0.0584. The lowest BCUT2D eigenvalue weighted by Crippen LogP contribution is -2.11. The molecule has 4 aromatic carbocycles. The molecule has 32 heavy (non-hydrogen) atoms. The maximum Gasteiger partial charge on any atom is 0.338 e. The Kier molecular flexibility index (Phi) is 5.14. The highest BCUT2D eigenvalue weighted by Crippen LogP contribution is 2.41. The smallest absolute Gasteiger partial charge is 0.338 e. The molecule has 0 saturated heterocycles. The normalized spacial score (nSPS) is 11.0. The highest BCUT2D eigenvalue weighted by atomic mass is 16.5. The largest absolute Gasteiger partial charge is 0.465 e. The first kappa shape index (κ1) is 21.0. The van der Waals surface area contributed by atoms with E-state index in [1.165, 1.54) is 40.6 Å². The molecule has 0 aliphatic carbocycles. The quantitative estimate of drug-likeness (QED) is 0.272. The van der Waals surface area contributed by atoms with Crippen molar-refractivity contribution in [3.05, 3.63) is 58.7 Å². The van der Waals surface area contributed by atoms with Crippen LogP contribution in [0.3, 0.4) is 0 Å². The molecule has 0 atom stereocenters. The number of methoxy groups -OCH3 is 4. The topological polar surface area (TPSA) is 105 Å². The Morgan fingerprint density at radius 3 is 0.875 bits per heavy atom. The van der Waals surface area contributed by atoms with Crippen LogP contribution in [0.2, 0.25) is 0 Å². The summed E-state index contributed by atoms with van der Waals surface area (Å²) in [5.74, 6) is -2.58. The average molecular weight is 434 g/mol. The number of hydrogen-bond acceptors (Lipinski definition) is 8. The molecule has 0 aromatic heterocycles. The number of hydrogen-bond donors (Lipinski definition) is 0. The summed E-state index contributed by atoms with van der Waals surface area (Å²) in [6.45, 7) is 0. The summed E-state index contributed by atoms with van der Waals surface area (Å²) < 4.78 is 19.7. The first-order chi connectivity index (χ1) is 15.4. The van der Waals surface area contributed by atoms with Gasteiger partial charge in [-0.1, -0.05) is 24.3 Å². The van der Waals surface area contributed by atoms with Crippen LogP contribution < -0.4 is 0 Å². The van der Waals surface area contributed by atoms with Gasteiger partial charge in [-0.3, -0.25) is 0 Å². The second kappa shape index (κ2) is 7.81. The molecular weight excluding hydrogens is 416 g/mol. The Morgan fingerprint density at radius 2 is 0.688 bits per heavy atom. The van der Waals surface area contributed by atoms with Gasteiger partial charge in [-0.15, -0.1) is 0 Å². The van der Waals surface area contributed by atoms with Gasteiger partial charge in [0.1, 0.15) is 0 Å². The van der Waals surface area contributed by atoms with Gasteiger partial charge in [0.2, 0.25) is 0 Å². The summed E-state index contributed by atoms with van der Waals surface area (Å²) >= 11 is 0. The van der Waals surface area contributed by atoms with E-state index in [9.17, 15) is 19.2 Å². The number of carbonyl (C=O) groups is 4. The van der Waals surface area contributed by atoms with E-state index in [4.69, 9.17) is 18.9 Å². The number of ether oxygens (including phenoxy) is 4. The van der Waals surface area contributed by atoms with Gasteiger partial charge in [0.25, 0.3) is 0 Å². The third-order valence-corrected chi connectivity index (χ3v) is 5.52. The maximum absolute atomic E-state index is 12.5. The number of rotatable bonds is 4. The van der Waals surface area contributed by atoms with Crippen molar-refractivity contribution in [3.63, 3.8) is 0 Å². The standard InChI is InChI=1S/C24H18O8/c1-29-21(25)15-9-16(22(26)30-2)12-7-8-14-18(24(28)32-4)10-17(23(27)31-3)13-6-5-11(15)19(12)20(13)14/h5-10H,1-4H3. The fraction of sp³-hybridized carbons (Fsp3) is 0.167. The Bertz CT molecular complexity index is 1220. The van der Waals surface area contributed by atoms with Gasteiger partial charge in [0.05, 0.1) is 50.7 Å². The van der Waals surface area contributed by atoms with Crippen molar-refractivity contribution < 1.29 is 38.1 Å². The minimum Gasteiger partial charge on any atom is -0.465 e. The molecule has 0 unspecified atom stereocenters. The fourth-order valence-corrected chi connectivity index (χ4v) is 4.11. The van der Waals surface area contributed by atoms with Crippen LogP contribution in [0.5, 0.6) is 0 Å². The SMILES string of the molecule is COC(=O)c1cc(C(=O)OC)c2ccc3c(C(=O)OC)cc(C(=O)OC)c4ccc1c2c43. The molecule has 0 fully saturated rings. The number of benzene rings is 4. The molecule has 8 heteroatoms. The highest BCUT2D eigenvalue weighted by Gasteiger charge is 2.26. The summed E-state index contributed by atoms with van der Waals surface area (Å²) in [6, 6.07) is 9.51. The minimum atomic E-state index is -0.644. The molecule has 0 heterocycles. The Labute approximate surface area is 181 Å². The highest BCUT2D eigenvalue weighted by molar-refractivity contribution is 6.32. The van der Waals surface area contributed by atoms with Gasteiger partial charge in [-0.2, -0.15) is 0 Å². The molecule has 0 saturated carbocycles. The first-order valence-corrected chi connectivity index (χ1v) is 9.49. The molecule has 8 nitrogen and oxygen atoms in total. The molecule has 4 rings (SSSR count). The van der Waals surface area contributed by atoms with Crippen molar-refractivity contribution >= 4 is 56.2 Å². The number of esters is 4. The summed E-state index contributed by atoms with van der Waals surface area (Å²) in [5, 5.41) is 3.01. The minimum absolute atomic E-state index is 0.151. The van der Waals surface area contributed by atoms with Gasteiger partial charge in [0, 0.05) is 0 Å². The second-order valence-corrected chi connectivity index (χ2v) is 6.98. The van der Waals surface area contributed by atoms with E-state index in [0.29, 0.717) is 32.3 Å². The first-order valence-electron chi connectivity index (χ1n) is 9.49. The van der Waals surface area contributed by atoms with Crippen molar-refractivity contribution in [3.8, 4) is 0 Å². The van der Waals surface area contributed by atoms with Crippen molar-refractivity contribution in [2.24, 2.45) is 0 Å². The molecule has 4 aromatic rings. The molecule has 0 N–H and O–H groups in total. The third kappa shape index (κ3) is 2.91. The zero-order valence-electron chi connectivity index (χ0n) is 17.7. The zero-order chi connectivity index (χ0) is 23.2. The average Bonchev–Trinajstić information content (AvgIpc) is 2.84. The molecule has 162 valence electrons. The van der Waals surface area contributed by atoms with Crippen LogP contribution in [0.1, 0.15) is 41.4 Å². The number of carbonyl (C=O) groups excluding carboxylic acids is 4. The molecule has 0 radical (unpaired) electrons. The van der Waals surface area contributed by atoms with Crippen LogP contribution in [0, 0.1) is 0 Å². The summed E-state index contributed by atoms with van der Waals surface area (Å²) in [5.41, 5.74) is 0.603. The van der Waals surface area contributed by atoms with Gasteiger partial charge in [-0.05, 0) is 44.5 Å². The van der Waals surface area contributed by atoms with Gasteiger partial charge in [-0.25, -0.2) is 19.2 Å². The van der Waals surface area contributed by atoms with Crippen LogP contribution in [0.25, 0.3) is 32.3 Å². The molecule has 0 amide bonds. The van der Waals surface area contributed by atoms with E-state index >= 15 is 0 Å². The molecule has 0 bridgehead atoms. The summed E-state index contributed by atoms with van der Waals surface area (Å²) in [7, 11) is 4.96. The monoisotopic (exact) mass is 434 g/mol. The van der Waals surface area contributed by atoms with E-state index in [1.54, 1.807) is 24.3 Å². The summed E-state index contributed by atoms with van der Waals surface area (Å²) in [6.07, 6.45) is 0. The van der Waals surface area contributed by atoms with Crippen LogP contribution in [0.15, 0.2) is 36.4 Å². The summed E-state index contributed by atoms with van der Waals surface area (Å²) in [4.78, 5) is 50.2. The van der Waals surface area contributed by atoms with Crippen LogP contribution >= 0.6 is 0 Å². The lowest BCUT2D eigenvalue weighted by Gasteiger charge is -2.18. The van der Waals surface area contributed by atoms with Crippen molar-refractivity contribution in [1.82, 2.24) is 0 Å². The lowest BCUT2D eigenvalue weighted by atomic mass is 9.86. The van der Waals surface area contributed by atoms with E-state index in [-0.39, 0.29) is 22.3 Å². The Morgan fingerprint density at radius 1 is 0.469 bits per heavy atom. The maximum atomic E-state index is 12.5. The van der Waals surface area contributed by atoms with E-state index in [1.807, 2.05) is 0 Å². The molecule has 0 aliphatic rings. The molecule has 0 spiro atoms. The van der Waals surface area contributed by atoms with Crippen molar-refractivity contribution in [1.29, 1.82) is 0 Å². The Hall–Kier alpha value is -4.20. The van der Waals surface area contributed by atoms with E-state index < -0.39 is 23.9 Å². The van der Waals surface area contributed by atoms with Gasteiger partial charge < -0.3 is 18.9 Å².